The Morgan fingerprint density at radius 3 is 1.84 bits per heavy atom. The molecule has 0 spiro atoms. The van der Waals surface area contributed by atoms with Crippen LogP contribution in [-0.2, 0) is 5.41 Å². The lowest BCUT2D eigenvalue weighted by Crippen LogP contribution is -2.16. The molecule has 1 heterocycles. The van der Waals surface area contributed by atoms with Gasteiger partial charge >= 0.3 is 0 Å². The van der Waals surface area contributed by atoms with Gasteiger partial charge in [-0.25, -0.2) is 0 Å². The van der Waals surface area contributed by atoms with Crippen LogP contribution in [0.1, 0.15) is 25.0 Å². The van der Waals surface area contributed by atoms with E-state index in [4.69, 9.17) is 0 Å². The Balaban J connectivity index is 1.09. The molecule has 1 nitrogen and oxygen atoms in total. The summed E-state index contributed by atoms with van der Waals surface area (Å²) in [6, 6.07) is 83.0. The fourth-order valence-electron chi connectivity index (χ4n) is 10.3. The summed E-state index contributed by atoms with van der Waals surface area (Å²) in [5.74, 6) is 0. The van der Waals surface area contributed by atoms with Crippen molar-refractivity contribution in [3.8, 4) is 55.6 Å². The van der Waals surface area contributed by atoms with Gasteiger partial charge in [-0.3, -0.25) is 0 Å². The maximum Gasteiger partial charge on any atom is 0.0546 e. The number of thiophene rings is 1. The molecule has 0 bridgehead atoms. The van der Waals surface area contributed by atoms with Crippen LogP contribution in [0.4, 0.5) is 17.1 Å². The first-order valence-electron chi connectivity index (χ1n) is 21.8. The number of anilines is 3. The van der Waals surface area contributed by atoms with Crippen LogP contribution in [0.3, 0.4) is 0 Å². The second-order valence-corrected chi connectivity index (χ2v) is 18.3. The monoisotopic (exact) mass is 821 g/mol. The van der Waals surface area contributed by atoms with Crippen LogP contribution in [0.2, 0.25) is 0 Å². The highest BCUT2D eigenvalue weighted by atomic mass is 32.1. The predicted octanol–water partition coefficient (Wildman–Crippen LogP) is 17.7. The Bertz CT molecular complexity index is 3540. The summed E-state index contributed by atoms with van der Waals surface area (Å²) in [6.07, 6.45) is 0. The topological polar surface area (TPSA) is 3.24 Å². The van der Waals surface area contributed by atoms with Crippen molar-refractivity contribution < 1.29 is 0 Å². The van der Waals surface area contributed by atoms with Crippen molar-refractivity contribution in [2.45, 2.75) is 19.3 Å². The smallest absolute Gasteiger partial charge is 0.0546 e. The number of benzene rings is 10. The second-order valence-electron chi connectivity index (χ2n) is 17.2. The Morgan fingerprint density at radius 2 is 0.968 bits per heavy atom. The SMILES string of the molecule is CC1(C)c2ccccc2-c2cccc(-c3ccc(N(c4cc(-c5ccc6ccccc6c5)ccc4-c4ccccc4)c4ccccc4-c4cccc5c4sc4ccccc45)cc3)c21. The summed E-state index contributed by atoms with van der Waals surface area (Å²) >= 11 is 1.88. The van der Waals surface area contributed by atoms with Crippen molar-refractivity contribution in [1.29, 1.82) is 0 Å². The van der Waals surface area contributed by atoms with Gasteiger partial charge in [-0.1, -0.05) is 202 Å². The summed E-state index contributed by atoms with van der Waals surface area (Å²) in [6.45, 7) is 4.75. The van der Waals surface area contributed by atoms with Gasteiger partial charge in [0, 0.05) is 48.0 Å². The molecule has 12 rings (SSSR count). The van der Waals surface area contributed by atoms with E-state index in [1.54, 1.807) is 0 Å². The first-order valence-corrected chi connectivity index (χ1v) is 22.7. The van der Waals surface area contributed by atoms with Crippen LogP contribution in [0.15, 0.2) is 224 Å². The number of hydrogen-bond acceptors (Lipinski definition) is 2. The van der Waals surface area contributed by atoms with E-state index in [1.807, 2.05) is 11.3 Å². The number of hydrogen-bond donors (Lipinski definition) is 0. The van der Waals surface area contributed by atoms with Crippen molar-refractivity contribution in [2.24, 2.45) is 0 Å². The number of rotatable bonds is 7. The highest BCUT2D eigenvalue weighted by Crippen LogP contribution is 2.53. The molecule has 10 aromatic carbocycles. The standard InChI is InChI=1S/C61H43NS/c1-61(2)55-27-11-8-20-49(55)52-24-14-23-48(59(52)61)42-32-35-46(36-33-42)62(56-28-12-9-21-50(56)53-25-15-26-54-51-22-10-13-29-58(51)63-60(53)54)57-39-45(34-37-47(57)41-17-4-3-5-18-41)44-31-30-40-16-6-7-19-43(40)38-44/h3-39H,1-2H3. The fraction of sp³-hybridized carbons (Fsp3) is 0.0492. The fourth-order valence-corrected chi connectivity index (χ4v) is 11.5. The average Bonchev–Trinajstić information content (AvgIpc) is 3.84. The third kappa shape index (κ3) is 6.13. The lowest BCUT2D eigenvalue weighted by atomic mass is 9.79. The molecule has 0 fully saturated rings. The van der Waals surface area contributed by atoms with E-state index in [1.165, 1.54) is 97.7 Å². The maximum atomic E-state index is 2.51. The number of para-hydroxylation sites is 1. The molecule has 11 aromatic rings. The number of fused-ring (bicyclic) bond motifs is 7. The molecule has 0 radical (unpaired) electrons. The van der Waals surface area contributed by atoms with Crippen LogP contribution in [0, 0.1) is 0 Å². The minimum Gasteiger partial charge on any atom is -0.309 e. The first kappa shape index (κ1) is 37.3. The van der Waals surface area contributed by atoms with Crippen molar-refractivity contribution in [3.63, 3.8) is 0 Å². The van der Waals surface area contributed by atoms with Gasteiger partial charge in [-0.15, -0.1) is 11.3 Å². The molecule has 0 amide bonds. The molecule has 0 atom stereocenters. The van der Waals surface area contributed by atoms with Gasteiger partial charge in [0.2, 0.25) is 0 Å². The molecular formula is C61H43NS. The van der Waals surface area contributed by atoms with E-state index >= 15 is 0 Å². The third-order valence-corrected chi connectivity index (χ3v) is 14.5. The van der Waals surface area contributed by atoms with E-state index in [2.05, 4.69) is 243 Å². The van der Waals surface area contributed by atoms with Crippen molar-refractivity contribution >= 4 is 59.3 Å². The normalized spacial score (nSPS) is 12.7. The van der Waals surface area contributed by atoms with Crippen LogP contribution < -0.4 is 4.90 Å². The van der Waals surface area contributed by atoms with E-state index < -0.39 is 0 Å². The maximum absolute atomic E-state index is 2.51. The molecule has 0 aliphatic heterocycles. The van der Waals surface area contributed by atoms with Crippen LogP contribution >= 0.6 is 11.3 Å². The molecule has 1 aromatic heterocycles. The molecule has 63 heavy (non-hydrogen) atoms. The molecular weight excluding hydrogens is 779 g/mol. The molecule has 0 unspecified atom stereocenters. The van der Waals surface area contributed by atoms with Crippen LogP contribution in [0.5, 0.6) is 0 Å². The summed E-state index contributed by atoms with van der Waals surface area (Å²) in [4.78, 5) is 2.51. The molecule has 1 aliphatic rings. The molecule has 0 saturated heterocycles. The Kier molecular flexibility index (Phi) is 8.77. The van der Waals surface area contributed by atoms with Crippen molar-refractivity contribution in [3.05, 3.63) is 236 Å². The minimum absolute atomic E-state index is 0.117. The zero-order valence-corrected chi connectivity index (χ0v) is 36.0. The van der Waals surface area contributed by atoms with Gasteiger partial charge in [0.1, 0.15) is 0 Å². The summed E-state index contributed by atoms with van der Waals surface area (Å²) in [5.41, 5.74) is 18.3. The summed E-state index contributed by atoms with van der Waals surface area (Å²) in [7, 11) is 0. The lowest BCUT2D eigenvalue weighted by Gasteiger charge is -2.31. The lowest BCUT2D eigenvalue weighted by molar-refractivity contribution is 0.662. The van der Waals surface area contributed by atoms with E-state index in [-0.39, 0.29) is 5.41 Å². The van der Waals surface area contributed by atoms with E-state index in [0.29, 0.717) is 0 Å². The van der Waals surface area contributed by atoms with Gasteiger partial charge in [0.05, 0.1) is 11.4 Å². The van der Waals surface area contributed by atoms with Gasteiger partial charge in [-0.2, -0.15) is 0 Å². The van der Waals surface area contributed by atoms with E-state index in [9.17, 15) is 0 Å². The Hall–Kier alpha value is -7.52. The zero-order chi connectivity index (χ0) is 42.1. The largest absolute Gasteiger partial charge is 0.309 e. The molecule has 0 N–H and O–H groups in total. The van der Waals surface area contributed by atoms with Gasteiger partial charge in [0.25, 0.3) is 0 Å². The van der Waals surface area contributed by atoms with Crippen molar-refractivity contribution in [1.82, 2.24) is 0 Å². The predicted molar refractivity (Wildman–Crippen MR) is 271 cm³/mol. The highest BCUT2D eigenvalue weighted by Gasteiger charge is 2.37. The van der Waals surface area contributed by atoms with Crippen LogP contribution in [-0.4, -0.2) is 0 Å². The number of nitrogens with zero attached hydrogens (tertiary/aromatic N) is 1. The molecule has 0 saturated carbocycles. The minimum atomic E-state index is -0.117. The third-order valence-electron chi connectivity index (χ3n) is 13.3. The molecule has 2 heteroatoms. The molecule has 1 aliphatic carbocycles. The van der Waals surface area contributed by atoms with Gasteiger partial charge < -0.3 is 4.90 Å². The van der Waals surface area contributed by atoms with Crippen molar-refractivity contribution in [2.75, 3.05) is 4.90 Å². The summed E-state index contributed by atoms with van der Waals surface area (Å²) in [5, 5.41) is 5.07. The van der Waals surface area contributed by atoms with E-state index in [0.717, 1.165) is 17.1 Å². The molecule has 298 valence electrons. The second kappa shape index (κ2) is 14.8. The average molecular weight is 822 g/mol. The Labute approximate surface area is 372 Å². The Morgan fingerprint density at radius 1 is 0.365 bits per heavy atom. The van der Waals surface area contributed by atoms with Gasteiger partial charge in [0.15, 0.2) is 0 Å². The van der Waals surface area contributed by atoms with Crippen LogP contribution in [0.25, 0.3) is 86.6 Å². The summed E-state index contributed by atoms with van der Waals surface area (Å²) < 4.78 is 2.61. The highest BCUT2D eigenvalue weighted by molar-refractivity contribution is 7.26. The van der Waals surface area contributed by atoms with Gasteiger partial charge in [-0.05, 0) is 97.2 Å². The first-order chi connectivity index (χ1) is 31.0. The quantitative estimate of drug-likeness (QED) is 0.155. The zero-order valence-electron chi connectivity index (χ0n) is 35.2.